The molecule has 2 unspecified atom stereocenters. The zero-order valence-corrected chi connectivity index (χ0v) is 12.6. The first-order chi connectivity index (χ1) is 10.2. The minimum absolute atomic E-state index is 0.149. The Morgan fingerprint density at radius 1 is 1.33 bits per heavy atom. The lowest BCUT2D eigenvalue weighted by molar-refractivity contribution is 0.0106. The first-order valence-corrected chi connectivity index (χ1v) is 7.84. The number of hydrogen-bond acceptors (Lipinski definition) is 3. The van der Waals surface area contributed by atoms with E-state index in [0.717, 1.165) is 13.1 Å². The molecule has 0 amide bonds. The third-order valence-electron chi connectivity index (χ3n) is 4.89. The second-order valence-corrected chi connectivity index (χ2v) is 6.31. The molecule has 0 radical (unpaired) electrons. The summed E-state index contributed by atoms with van der Waals surface area (Å²) < 4.78 is 14.2. The summed E-state index contributed by atoms with van der Waals surface area (Å²) in [5, 5.41) is 8.94. The van der Waals surface area contributed by atoms with E-state index in [1.54, 1.807) is 18.2 Å². The van der Waals surface area contributed by atoms with Gasteiger partial charge in [-0.1, -0.05) is 18.6 Å². The molecule has 2 heterocycles. The Bertz CT molecular complexity index is 551. The molecule has 0 saturated carbocycles. The molecule has 0 aliphatic carbocycles. The molecule has 3 rings (SSSR count). The minimum atomic E-state index is -0.349. The van der Waals surface area contributed by atoms with Crippen LogP contribution in [0.4, 0.5) is 4.39 Å². The van der Waals surface area contributed by atoms with Gasteiger partial charge in [-0.2, -0.15) is 5.26 Å². The summed E-state index contributed by atoms with van der Waals surface area (Å²) >= 11 is 0. The molecule has 0 aromatic heterocycles. The largest absolute Gasteiger partial charge is 0.298 e. The number of nitrogens with zero attached hydrogens (tertiary/aromatic N) is 3. The number of nitriles is 1. The van der Waals surface area contributed by atoms with Crippen LogP contribution in [0, 0.1) is 17.1 Å². The number of halogens is 1. The van der Waals surface area contributed by atoms with Gasteiger partial charge < -0.3 is 0 Å². The van der Waals surface area contributed by atoms with Crippen LogP contribution in [0.3, 0.4) is 0 Å². The summed E-state index contributed by atoms with van der Waals surface area (Å²) in [4.78, 5) is 4.96. The van der Waals surface area contributed by atoms with Crippen molar-refractivity contribution in [1.29, 1.82) is 5.26 Å². The van der Waals surface area contributed by atoms with Gasteiger partial charge in [-0.15, -0.1) is 0 Å². The van der Waals surface area contributed by atoms with Crippen LogP contribution in [0.2, 0.25) is 0 Å². The molecule has 0 bridgehead atoms. The lowest BCUT2D eigenvalue weighted by Crippen LogP contribution is -2.58. The molecule has 4 heteroatoms. The van der Waals surface area contributed by atoms with Crippen molar-refractivity contribution < 1.29 is 4.39 Å². The zero-order chi connectivity index (χ0) is 14.8. The Morgan fingerprint density at radius 2 is 2.19 bits per heavy atom. The van der Waals surface area contributed by atoms with Crippen LogP contribution in [0.5, 0.6) is 0 Å². The molecule has 2 aliphatic heterocycles. The van der Waals surface area contributed by atoms with Gasteiger partial charge in [0, 0.05) is 37.3 Å². The predicted octanol–water partition coefficient (Wildman–Crippen LogP) is 2.76. The quantitative estimate of drug-likeness (QED) is 0.838. The lowest BCUT2D eigenvalue weighted by Gasteiger charge is -2.47. The second kappa shape index (κ2) is 6.13. The highest BCUT2D eigenvalue weighted by molar-refractivity contribution is 5.35. The number of rotatable bonds is 2. The summed E-state index contributed by atoms with van der Waals surface area (Å²) in [5.41, 5.74) is 0.793. The number of piperazine rings is 1. The van der Waals surface area contributed by atoms with E-state index >= 15 is 0 Å². The van der Waals surface area contributed by atoms with Crippen LogP contribution in [-0.4, -0.2) is 41.5 Å². The summed E-state index contributed by atoms with van der Waals surface area (Å²) in [6, 6.07) is 8.11. The molecule has 2 atom stereocenters. The standard InChI is InChI=1S/C17H22FN3/c1-13-10-20-8-3-2-7-16(20)12-21(13)11-15-6-4-5-14(9-19)17(15)18/h4-6,13,16H,2-3,7-8,10-12H2,1H3. The molecule has 3 nitrogen and oxygen atoms in total. The van der Waals surface area contributed by atoms with Crippen molar-refractivity contribution in [2.75, 3.05) is 19.6 Å². The molecule has 21 heavy (non-hydrogen) atoms. The van der Waals surface area contributed by atoms with Crippen LogP contribution in [0.1, 0.15) is 37.3 Å². The number of hydrogen-bond donors (Lipinski definition) is 0. The van der Waals surface area contributed by atoms with E-state index in [1.807, 2.05) is 6.07 Å². The van der Waals surface area contributed by atoms with E-state index in [9.17, 15) is 4.39 Å². The SMILES string of the molecule is CC1CN2CCCCC2CN1Cc1cccc(C#N)c1F. The van der Waals surface area contributed by atoms with Gasteiger partial charge in [0.1, 0.15) is 11.9 Å². The van der Waals surface area contributed by atoms with Crippen molar-refractivity contribution in [3.8, 4) is 6.07 Å². The van der Waals surface area contributed by atoms with Crippen molar-refractivity contribution in [2.24, 2.45) is 0 Å². The first kappa shape index (κ1) is 14.5. The van der Waals surface area contributed by atoms with E-state index in [1.165, 1.54) is 25.8 Å². The molecule has 1 aromatic rings. The van der Waals surface area contributed by atoms with Gasteiger partial charge in [0.25, 0.3) is 0 Å². The normalized spacial score (nSPS) is 27.1. The highest BCUT2D eigenvalue weighted by Gasteiger charge is 2.33. The van der Waals surface area contributed by atoms with Crippen LogP contribution in [0.25, 0.3) is 0 Å². The average Bonchev–Trinajstić information content (AvgIpc) is 2.50. The van der Waals surface area contributed by atoms with Gasteiger partial charge in [-0.3, -0.25) is 9.80 Å². The van der Waals surface area contributed by atoms with E-state index in [4.69, 9.17) is 5.26 Å². The van der Waals surface area contributed by atoms with Gasteiger partial charge in [-0.25, -0.2) is 4.39 Å². The Balaban J connectivity index is 1.74. The van der Waals surface area contributed by atoms with E-state index in [-0.39, 0.29) is 11.4 Å². The summed E-state index contributed by atoms with van der Waals surface area (Å²) in [6.45, 7) is 6.12. The van der Waals surface area contributed by atoms with Gasteiger partial charge in [0.05, 0.1) is 5.56 Å². The maximum atomic E-state index is 14.2. The fourth-order valence-electron chi connectivity index (χ4n) is 3.64. The number of benzene rings is 1. The molecule has 2 aliphatic rings. The maximum absolute atomic E-state index is 14.2. The molecule has 2 fully saturated rings. The molecule has 0 spiro atoms. The molecular formula is C17H22FN3. The van der Waals surface area contributed by atoms with E-state index in [2.05, 4.69) is 16.7 Å². The molecular weight excluding hydrogens is 265 g/mol. The van der Waals surface area contributed by atoms with Gasteiger partial charge >= 0.3 is 0 Å². The third-order valence-corrected chi connectivity index (χ3v) is 4.89. The summed E-state index contributed by atoms with van der Waals surface area (Å²) in [7, 11) is 0. The van der Waals surface area contributed by atoms with E-state index < -0.39 is 0 Å². The highest BCUT2D eigenvalue weighted by Crippen LogP contribution is 2.26. The van der Waals surface area contributed by atoms with Gasteiger partial charge in [-0.05, 0) is 32.4 Å². The van der Waals surface area contributed by atoms with Gasteiger partial charge in [0.15, 0.2) is 0 Å². The number of piperidine rings is 1. The topological polar surface area (TPSA) is 30.3 Å². The Labute approximate surface area is 126 Å². The fourth-order valence-corrected chi connectivity index (χ4v) is 3.64. The van der Waals surface area contributed by atoms with Crippen molar-refractivity contribution >= 4 is 0 Å². The lowest BCUT2D eigenvalue weighted by atomic mass is 9.96. The zero-order valence-electron chi connectivity index (χ0n) is 12.6. The smallest absolute Gasteiger partial charge is 0.145 e. The Morgan fingerprint density at radius 3 is 3.00 bits per heavy atom. The average molecular weight is 287 g/mol. The Hall–Kier alpha value is -1.44. The summed E-state index contributed by atoms with van der Waals surface area (Å²) in [6.07, 6.45) is 3.87. The highest BCUT2D eigenvalue weighted by atomic mass is 19.1. The Kier molecular flexibility index (Phi) is 4.23. The monoisotopic (exact) mass is 287 g/mol. The fraction of sp³-hybridized carbons (Fsp3) is 0.588. The van der Waals surface area contributed by atoms with Crippen molar-refractivity contribution in [1.82, 2.24) is 9.80 Å². The first-order valence-electron chi connectivity index (χ1n) is 7.84. The predicted molar refractivity (Wildman–Crippen MR) is 80.2 cm³/mol. The van der Waals surface area contributed by atoms with Crippen LogP contribution < -0.4 is 0 Å². The van der Waals surface area contributed by atoms with Gasteiger partial charge in [0.2, 0.25) is 0 Å². The molecule has 0 N–H and O–H groups in total. The van der Waals surface area contributed by atoms with Crippen molar-refractivity contribution in [2.45, 2.75) is 44.8 Å². The van der Waals surface area contributed by atoms with Crippen LogP contribution in [0.15, 0.2) is 18.2 Å². The molecule has 1 aromatic carbocycles. The van der Waals surface area contributed by atoms with Crippen LogP contribution in [-0.2, 0) is 6.54 Å². The van der Waals surface area contributed by atoms with Crippen molar-refractivity contribution in [3.63, 3.8) is 0 Å². The molecule has 2 saturated heterocycles. The number of fused-ring (bicyclic) bond motifs is 1. The molecule has 112 valence electrons. The van der Waals surface area contributed by atoms with Crippen LogP contribution >= 0.6 is 0 Å². The summed E-state index contributed by atoms with van der Waals surface area (Å²) in [5.74, 6) is -0.349. The van der Waals surface area contributed by atoms with E-state index in [0.29, 0.717) is 24.2 Å². The second-order valence-electron chi connectivity index (χ2n) is 6.31. The maximum Gasteiger partial charge on any atom is 0.145 e. The minimum Gasteiger partial charge on any atom is -0.298 e. The van der Waals surface area contributed by atoms with Crippen molar-refractivity contribution in [3.05, 3.63) is 35.1 Å². The third kappa shape index (κ3) is 2.95.